The molecule has 9 heteroatoms. The van der Waals surface area contributed by atoms with Gasteiger partial charge in [-0.2, -0.15) is 4.31 Å². The van der Waals surface area contributed by atoms with Crippen LogP contribution in [0.2, 0.25) is 0 Å². The van der Waals surface area contributed by atoms with Crippen LogP contribution in [0, 0.1) is 6.92 Å². The molecule has 1 aromatic carbocycles. The summed E-state index contributed by atoms with van der Waals surface area (Å²) in [7, 11) is -3.84. The van der Waals surface area contributed by atoms with Crippen molar-refractivity contribution < 1.29 is 13.2 Å². The van der Waals surface area contributed by atoms with E-state index >= 15 is 0 Å². The van der Waals surface area contributed by atoms with Crippen molar-refractivity contribution in [3.05, 3.63) is 34.7 Å². The molecule has 140 valence electrons. The van der Waals surface area contributed by atoms with E-state index < -0.39 is 16.1 Å². The molecule has 0 bridgehead atoms. The van der Waals surface area contributed by atoms with Gasteiger partial charge in [0.1, 0.15) is 6.04 Å². The van der Waals surface area contributed by atoms with Crippen molar-refractivity contribution in [3.63, 3.8) is 0 Å². The van der Waals surface area contributed by atoms with Crippen molar-refractivity contribution in [3.8, 4) is 11.3 Å². The Kier molecular flexibility index (Phi) is 5.42. The Balaban J connectivity index is 1.95. The van der Waals surface area contributed by atoms with Gasteiger partial charge in [0.15, 0.2) is 0 Å². The molecule has 0 aliphatic carbocycles. The molecular weight excluding hydrogens is 372 g/mol. The first-order valence-corrected chi connectivity index (χ1v) is 10.7. The molecule has 0 saturated carbocycles. The molecule has 1 saturated heterocycles. The highest BCUT2D eigenvalue weighted by Gasteiger charge is 2.42. The largest absolute Gasteiger partial charge is 0.355 e. The minimum absolute atomic E-state index is 0.129. The summed E-state index contributed by atoms with van der Waals surface area (Å²) in [6.45, 7) is 4.27. The molecule has 7 nitrogen and oxygen atoms in total. The molecule has 3 rings (SSSR count). The SMILES string of the molecule is CCNC(=O)[C@@H]1C[C@@H](N)CN1S(=O)(=O)c1cccc(-c2csc(C)n2)c1. The standard InChI is InChI=1S/C17H22N4O3S2/c1-3-19-17(22)16-8-13(18)9-21(16)26(23,24)14-6-4-5-12(7-14)15-10-25-11(2)20-15/h4-7,10,13,16H,3,8-9,18H2,1-2H3,(H,19,22)/t13-,16+/m1/s1. The Morgan fingerprint density at radius 3 is 2.88 bits per heavy atom. The van der Waals surface area contributed by atoms with Crippen LogP contribution in [-0.4, -0.2) is 48.8 Å². The van der Waals surface area contributed by atoms with Gasteiger partial charge in [-0.05, 0) is 32.4 Å². The third-order valence-corrected chi connectivity index (χ3v) is 6.94. The van der Waals surface area contributed by atoms with Gasteiger partial charge in [0, 0.05) is 30.1 Å². The lowest BCUT2D eigenvalue weighted by molar-refractivity contribution is -0.124. The summed E-state index contributed by atoms with van der Waals surface area (Å²) in [5.41, 5.74) is 7.42. The number of hydrogen-bond acceptors (Lipinski definition) is 6. The second kappa shape index (κ2) is 7.43. The zero-order chi connectivity index (χ0) is 18.9. The molecule has 2 aromatic rings. The molecule has 26 heavy (non-hydrogen) atoms. The molecule has 0 unspecified atom stereocenters. The maximum Gasteiger partial charge on any atom is 0.243 e. The van der Waals surface area contributed by atoms with E-state index in [1.54, 1.807) is 19.1 Å². The third kappa shape index (κ3) is 3.66. The quantitative estimate of drug-likeness (QED) is 0.796. The first-order valence-electron chi connectivity index (χ1n) is 8.40. The fourth-order valence-electron chi connectivity index (χ4n) is 3.08. The zero-order valence-corrected chi connectivity index (χ0v) is 16.3. The molecule has 0 spiro atoms. The van der Waals surface area contributed by atoms with Crippen LogP contribution in [-0.2, 0) is 14.8 Å². The van der Waals surface area contributed by atoms with Crippen LogP contribution in [0.5, 0.6) is 0 Å². The van der Waals surface area contributed by atoms with E-state index in [1.165, 1.54) is 21.7 Å². The van der Waals surface area contributed by atoms with E-state index in [-0.39, 0.29) is 23.4 Å². The lowest BCUT2D eigenvalue weighted by Crippen LogP contribution is -2.45. The lowest BCUT2D eigenvalue weighted by Gasteiger charge is -2.23. The molecular formula is C17H22N4O3S2. The van der Waals surface area contributed by atoms with Crippen LogP contribution in [0.1, 0.15) is 18.4 Å². The predicted molar refractivity (Wildman–Crippen MR) is 101 cm³/mol. The molecule has 2 atom stereocenters. The topological polar surface area (TPSA) is 105 Å². The van der Waals surface area contributed by atoms with Crippen LogP contribution < -0.4 is 11.1 Å². The molecule has 2 heterocycles. The Morgan fingerprint density at radius 2 is 2.23 bits per heavy atom. The molecule has 1 aliphatic rings. The molecule has 1 fully saturated rings. The van der Waals surface area contributed by atoms with Gasteiger partial charge >= 0.3 is 0 Å². The Hall–Kier alpha value is -1.81. The number of amides is 1. The maximum atomic E-state index is 13.2. The van der Waals surface area contributed by atoms with Gasteiger partial charge in [-0.15, -0.1) is 11.3 Å². The van der Waals surface area contributed by atoms with Crippen molar-refractivity contribution >= 4 is 27.3 Å². The number of aryl methyl sites for hydroxylation is 1. The highest BCUT2D eigenvalue weighted by Crippen LogP contribution is 2.29. The van der Waals surface area contributed by atoms with E-state index in [2.05, 4.69) is 10.3 Å². The summed E-state index contributed by atoms with van der Waals surface area (Å²) >= 11 is 1.51. The third-order valence-electron chi connectivity index (χ3n) is 4.30. The van der Waals surface area contributed by atoms with Crippen LogP contribution in [0.4, 0.5) is 0 Å². The van der Waals surface area contributed by atoms with E-state index in [0.717, 1.165) is 16.3 Å². The van der Waals surface area contributed by atoms with Gasteiger partial charge < -0.3 is 11.1 Å². The fraction of sp³-hybridized carbons (Fsp3) is 0.412. The van der Waals surface area contributed by atoms with Crippen molar-refractivity contribution in [2.45, 2.75) is 37.2 Å². The average Bonchev–Trinajstić information content (AvgIpc) is 3.21. The summed E-state index contributed by atoms with van der Waals surface area (Å²) in [6, 6.07) is 5.51. The van der Waals surface area contributed by atoms with E-state index in [0.29, 0.717) is 13.0 Å². The maximum absolute atomic E-state index is 13.2. The molecule has 1 aliphatic heterocycles. The second-order valence-electron chi connectivity index (χ2n) is 6.26. The normalized spacial score (nSPS) is 21.0. The van der Waals surface area contributed by atoms with E-state index in [4.69, 9.17) is 5.73 Å². The fourth-order valence-corrected chi connectivity index (χ4v) is 5.40. The van der Waals surface area contributed by atoms with Crippen LogP contribution in [0.25, 0.3) is 11.3 Å². The number of hydrogen-bond donors (Lipinski definition) is 2. The second-order valence-corrected chi connectivity index (χ2v) is 9.21. The predicted octanol–water partition coefficient (Wildman–Crippen LogP) is 1.34. The van der Waals surface area contributed by atoms with Crippen molar-refractivity contribution in [2.24, 2.45) is 5.73 Å². The number of sulfonamides is 1. The summed E-state index contributed by atoms with van der Waals surface area (Å²) in [5, 5.41) is 5.50. The number of carbonyl (C=O) groups is 1. The van der Waals surface area contributed by atoms with Gasteiger partial charge in [0.25, 0.3) is 0 Å². The molecule has 1 amide bonds. The monoisotopic (exact) mass is 394 g/mol. The van der Waals surface area contributed by atoms with Crippen molar-refractivity contribution in [1.82, 2.24) is 14.6 Å². The van der Waals surface area contributed by atoms with E-state index in [1.807, 2.05) is 18.4 Å². The number of thiazole rings is 1. The summed E-state index contributed by atoms with van der Waals surface area (Å²) in [6.07, 6.45) is 0.316. The van der Waals surface area contributed by atoms with Gasteiger partial charge in [0.2, 0.25) is 15.9 Å². The Bertz CT molecular complexity index is 910. The number of benzene rings is 1. The number of likely N-dealkylation sites (N-methyl/N-ethyl adjacent to an activating group) is 1. The minimum Gasteiger partial charge on any atom is -0.355 e. The molecule has 0 radical (unpaired) electrons. The van der Waals surface area contributed by atoms with Crippen LogP contribution in [0.3, 0.4) is 0 Å². The van der Waals surface area contributed by atoms with Crippen molar-refractivity contribution in [1.29, 1.82) is 0 Å². The Labute approximate surface area is 157 Å². The number of nitrogens with zero attached hydrogens (tertiary/aromatic N) is 2. The Morgan fingerprint density at radius 1 is 1.46 bits per heavy atom. The zero-order valence-electron chi connectivity index (χ0n) is 14.7. The van der Waals surface area contributed by atoms with Gasteiger partial charge in [-0.1, -0.05) is 12.1 Å². The van der Waals surface area contributed by atoms with Crippen molar-refractivity contribution in [2.75, 3.05) is 13.1 Å². The van der Waals surface area contributed by atoms with Gasteiger partial charge in [0.05, 0.1) is 15.6 Å². The average molecular weight is 395 g/mol. The van der Waals surface area contributed by atoms with Gasteiger partial charge in [-0.25, -0.2) is 13.4 Å². The highest BCUT2D eigenvalue weighted by atomic mass is 32.2. The number of rotatable bonds is 5. The van der Waals surface area contributed by atoms with E-state index in [9.17, 15) is 13.2 Å². The first-order chi connectivity index (χ1) is 12.3. The number of carbonyl (C=O) groups excluding carboxylic acids is 1. The number of nitrogens with one attached hydrogen (secondary N) is 1. The number of aromatic nitrogens is 1. The number of nitrogens with two attached hydrogens (primary N) is 1. The summed E-state index contributed by atoms with van der Waals surface area (Å²) in [5.74, 6) is -0.310. The highest BCUT2D eigenvalue weighted by molar-refractivity contribution is 7.89. The van der Waals surface area contributed by atoms with Crippen LogP contribution in [0.15, 0.2) is 34.5 Å². The van der Waals surface area contributed by atoms with Crippen LogP contribution >= 0.6 is 11.3 Å². The van der Waals surface area contributed by atoms with Gasteiger partial charge in [-0.3, -0.25) is 4.79 Å². The molecule has 3 N–H and O–H groups in total. The summed E-state index contributed by atoms with van der Waals surface area (Å²) < 4.78 is 27.5. The minimum atomic E-state index is -3.84. The smallest absolute Gasteiger partial charge is 0.243 e. The lowest BCUT2D eigenvalue weighted by atomic mass is 10.2. The molecule has 1 aromatic heterocycles. The first kappa shape index (κ1) is 19.0. The summed E-state index contributed by atoms with van der Waals surface area (Å²) in [4.78, 5) is 16.8.